The lowest BCUT2D eigenvalue weighted by atomic mass is 10.4. The van der Waals surface area contributed by atoms with Gasteiger partial charge in [-0.1, -0.05) is 0 Å². The van der Waals surface area contributed by atoms with E-state index in [2.05, 4.69) is 25.6 Å². The summed E-state index contributed by atoms with van der Waals surface area (Å²) in [6.07, 6.45) is 0. The molecule has 0 radical (unpaired) electrons. The van der Waals surface area contributed by atoms with Gasteiger partial charge >= 0.3 is 12.0 Å². The topological polar surface area (TPSA) is 109 Å². The lowest BCUT2D eigenvalue weighted by Gasteiger charge is -2.11. The highest BCUT2D eigenvalue weighted by molar-refractivity contribution is 5.68. The fraction of sp³-hybridized carbons (Fsp3) is 0.600. The third-order valence-electron chi connectivity index (χ3n) is 1.69. The molecule has 0 fully saturated rings. The van der Waals surface area contributed by atoms with Crippen molar-refractivity contribution in [1.82, 2.24) is 15.0 Å². The predicted octanol–water partition coefficient (Wildman–Crippen LogP) is 0.587. The van der Waals surface area contributed by atoms with Crippen molar-refractivity contribution in [3.8, 4) is 6.01 Å². The van der Waals surface area contributed by atoms with Gasteiger partial charge in [0.2, 0.25) is 11.9 Å². The predicted molar refractivity (Wildman–Crippen MR) is 65.9 cm³/mol. The number of carboxylic acid groups (broad SMARTS) is 1. The maximum Gasteiger partial charge on any atom is 0.341 e. The van der Waals surface area contributed by atoms with Gasteiger partial charge in [0.1, 0.15) is 0 Å². The fourth-order valence-electron chi connectivity index (χ4n) is 1.11. The second kappa shape index (κ2) is 6.58. The number of rotatable bonds is 7. The van der Waals surface area contributed by atoms with Crippen molar-refractivity contribution in [3.05, 3.63) is 0 Å². The number of hydrogen-bond acceptors (Lipinski definition) is 7. The number of aromatic nitrogens is 3. The highest BCUT2D eigenvalue weighted by atomic mass is 16.5. The van der Waals surface area contributed by atoms with Crippen LogP contribution in [0.4, 0.5) is 11.9 Å². The molecule has 1 heterocycles. The van der Waals surface area contributed by atoms with E-state index in [-0.39, 0.29) is 12.1 Å². The van der Waals surface area contributed by atoms with E-state index >= 15 is 0 Å². The van der Waals surface area contributed by atoms with Crippen LogP contribution in [0.3, 0.4) is 0 Å². The largest absolute Gasteiger partial charge is 0.479 e. The van der Waals surface area contributed by atoms with Gasteiger partial charge in [-0.2, -0.15) is 15.0 Å². The van der Waals surface area contributed by atoms with E-state index in [4.69, 9.17) is 9.84 Å². The maximum absolute atomic E-state index is 10.4. The first-order chi connectivity index (χ1) is 8.51. The average Bonchev–Trinajstić information content (AvgIpc) is 2.25. The van der Waals surface area contributed by atoms with Gasteiger partial charge in [0.15, 0.2) is 6.61 Å². The second-order valence-electron chi connectivity index (χ2n) is 3.78. The molecule has 1 aromatic rings. The summed E-state index contributed by atoms with van der Waals surface area (Å²) in [5.41, 5.74) is 0. The highest BCUT2D eigenvalue weighted by Gasteiger charge is 2.09. The summed E-state index contributed by atoms with van der Waals surface area (Å²) in [7, 11) is 0. The van der Waals surface area contributed by atoms with E-state index in [1.54, 1.807) is 0 Å². The Balaban J connectivity index is 2.86. The summed E-state index contributed by atoms with van der Waals surface area (Å²) < 4.78 is 4.93. The first kappa shape index (κ1) is 13.9. The molecular formula is C10H17N5O3. The van der Waals surface area contributed by atoms with Gasteiger partial charge in [-0.15, -0.1) is 0 Å². The smallest absolute Gasteiger partial charge is 0.341 e. The standard InChI is InChI=1S/C10H17N5O3/c1-4-11-8-13-9(12-6(2)3)15-10(14-8)18-5-7(16)17/h6H,4-5H2,1-3H3,(H,16,17)(H2,11,12,13,14,15). The van der Waals surface area contributed by atoms with Gasteiger partial charge < -0.3 is 20.5 Å². The Morgan fingerprint density at radius 1 is 1.33 bits per heavy atom. The third kappa shape index (κ3) is 4.81. The zero-order valence-corrected chi connectivity index (χ0v) is 10.6. The number of carboxylic acids is 1. The van der Waals surface area contributed by atoms with E-state index in [1.165, 1.54) is 0 Å². The van der Waals surface area contributed by atoms with Gasteiger partial charge in [-0.05, 0) is 20.8 Å². The van der Waals surface area contributed by atoms with Crippen molar-refractivity contribution in [3.63, 3.8) is 0 Å². The third-order valence-corrected chi connectivity index (χ3v) is 1.69. The van der Waals surface area contributed by atoms with E-state index in [1.807, 2.05) is 20.8 Å². The van der Waals surface area contributed by atoms with Crippen molar-refractivity contribution in [1.29, 1.82) is 0 Å². The van der Waals surface area contributed by atoms with Crippen LogP contribution in [-0.4, -0.2) is 45.2 Å². The fourth-order valence-corrected chi connectivity index (χ4v) is 1.11. The summed E-state index contributed by atoms with van der Waals surface area (Å²) in [6.45, 7) is 5.93. The molecule has 0 unspecified atom stereocenters. The van der Waals surface area contributed by atoms with Crippen LogP contribution in [0.1, 0.15) is 20.8 Å². The van der Waals surface area contributed by atoms with Gasteiger partial charge in [-0.3, -0.25) is 0 Å². The van der Waals surface area contributed by atoms with Crippen LogP contribution in [0.2, 0.25) is 0 Å². The molecule has 0 saturated carbocycles. The Hall–Kier alpha value is -2.12. The van der Waals surface area contributed by atoms with Crippen LogP contribution in [0.5, 0.6) is 6.01 Å². The first-order valence-electron chi connectivity index (χ1n) is 5.62. The summed E-state index contributed by atoms with van der Waals surface area (Å²) in [5, 5.41) is 14.5. The lowest BCUT2D eigenvalue weighted by molar-refractivity contribution is -0.139. The molecule has 3 N–H and O–H groups in total. The Labute approximate surface area is 105 Å². The van der Waals surface area contributed by atoms with Crippen molar-refractivity contribution in [2.45, 2.75) is 26.8 Å². The molecule has 0 aliphatic heterocycles. The summed E-state index contributed by atoms with van der Waals surface area (Å²) in [4.78, 5) is 22.4. The summed E-state index contributed by atoms with van der Waals surface area (Å²) in [5.74, 6) is -0.397. The number of aliphatic carboxylic acids is 1. The van der Waals surface area contributed by atoms with E-state index < -0.39 is 12.6 Å². The van der Waals surface area contributed by atoms with Gasteiger partial charge in [-0.25, -0.2) is 4.79 Å². The van der Waals surface area contributed by atoms with Crippen molar-refractivity contribution in [2.75, 3.05) is 23.8 Å². The molecule has 0 amide bonds. The van der Waals surface area contributed by atoms with Crippen molar-refractivity contribution >= 4 is 17.9 Å². The van der Waals surface area contributed by atoms with Crippen LogP contribution in [0.15, 0.2) is 0 Å². The second-order valence-corrected chi connectivity index (χ2v) is 3.78. The molecule has 18 heavy (non-hydrogen) atoms. The Morgan fingerprint density at radius 3 is 2.56 bits per heavy atom. The van der Waals surface area contributed by atoms with E-state index in [9.17, 15) is 4.79 Å². The molecule has 8 nitrogen and oxygen atoms in total. The molecule has 0 aromatic carbocycles. The molecule has 1 rings (SSSR count). The molecule has 0 aliphatic carbocycles. The minimum absolute atomic E-state index is 0.0218. The quantitative estimate of drug-likeness (QED) is 0.649. The Bertz CT molecular complexity index is 410. The van der Waals surface area contributed by atoms with Crippen LogP contribution in [0.25, 0.3) is 0 Å². The molecule has 8 heteroatoms. The summed E-state index contributed by atoms with van der Waals surface area (Å²) in [6, 6.07) is 0.126. The number of carbonyl (C=O) groups is 1. The molecule has 0 atom stereocenters. The number of nitrogens with zero attached hydrogens (tertiary/aromatic N) is 3. The average molecular weight is 255 g/mol. The normalized spacial score (nSPS) is 10.2. The molecular weight excluding hydrogens is 238 g/mol. The minimum Gasteiger partial charge on any atom is -0.479 e. The van der Waals surface area contributed by atoms with Crippen LogP contribution < -0.4 is 15.4 Å². The molecule has 0 aliphatic rings. The van der Waals surface area contributed by atoms with Gasteiger partial charge in [0, 0.05) is 12.6 Å². The van der Waals surface area contributed by atoms with E-state index in [0.29, 0.717) is 18.4 Å². The number of ether oxygens (including phenoxy) is 1. The van der Waals surface area contributed by atoms with Crippen LogP contribution >= 0.6 is 0 Å². The minimum atomic E-state index is -1.08. The van der Waals surface area contributed by atoms with E-state index in [0.717, 1.165) is 0 Å². The monoisotopic (exact) mass is 255 g/mol. The Kier molecular flexibility index (Phi) is 5.09. The maximum atomic E-state index is 10.4. The number of nitrogens with one attached hydrogen (secondary N) is 2. The van der Waals surface area contributed by atoms with Crippen molar-refractivity contribution < 1.29 is 14.6 Å². The van der Waals surface area contributed by atoms with Crippen LogP contribution in [-0.2, 0) is 4.79 Å². The molecule has 0 saturated heterocycles. The highest BCUT2D eigenvalue weighted by Crippen LogP contribution is 2.11. The SMILES string of the molecule is CCNc1nc(NC(C)C)nc(OCC(=O)O)n1. The molecule has 0 bridgehead atoms. The zero-order chi connectivity index (χ0) is 13.5. The number of anilines is 2. The molecule has 1 aromatic heterocycles. The number of hydrogen-bond donors (Lipinski definition) is 3. The first-order valence-corrected chi connectivity index (χ1v) is 5.62. The molecule has 0 spiro atoms. The van der Waals surface area contributed by atoms with Crippen LogP contribution in [0, 0.1) is 0 Å². The lowest BCUT2D eigenvalue weighted by Crippen LogP contribution is -2.17. The van der Waals surface area contributed by atoms with Crippen molar-refractivity contribution in [2.24, 2.45) is 0 Å². The Morgan fingerprint density at radius 2 is 2.00 bits per heavy atom. The zero-order valence-electron chi connectivity index (χ0n) is 10.6. The van der Waals surface area contributed by atoms with Gasteiger partial charge in [0.25, 0.3) is 0 Å². The summed E-state index contributed by atoms with van der Waals surface area (Å²) >= 11 is 0. The molecule has 100 valence electrons. The van der Waals surface area contributed by atoms with Gasteiger partial charge in [0.05, 0.1) is 0 Å².